The molecule has 1 aromatic heterocycles. The number of carbonyl (C=O) groups is 1. The van der Waals surface area contributed by atoms with Gasteiger partial charge in [-0.05, 0) is 46.9 Å². The third-order valence-corrected chi connectivity index (χ3v) is 3.69. The summed E-state index contributed by atoms with van der Waals surface area (Å²) in [6.07, 6.45) is 0. The summed E-state index contributed by atoms with van der Waals surface area (Å²) in [6.45, 7) is 0. The first kappa shape index (κ1) is 13.1. The van der Waals surface area contributed by atoms with Gasteiger partial charge in [0.2, 0.25) is 0 Å². The fourth-order valence-corrected chi connectivity index (χ4v) is 2.36. The van der Waals surface area contributed by atoms with Gasteiger partial charge in [-0.15, -0.1) is 5.10 Å². The first-order valence-corrected chi connectivity index (χ1v) is 6.92. The second-order valence-electron chi connectivity index (χ2n) is 3.31. The molecule has 1 heterocycles. The number of nitrogens with zero attached hydrogens (tertiary/aromatic N) is 2. The summed E-state index contributed by atoms with van der Waals surface area (Å²) in [7, 11) is 0. The number of halogens is 1. The Morgan fingerprint density at radius 1 is 1.44 bits per heavy atom. The molecule has 0 bridgehead atoms. The molecule has 0 amide bonds. The highest BCUT2D eigenvalue weighted by atomic mass is 127. The van der Waals surface area contributed by atoms with Crippen LogP contribution < -0.4 is 5.69 Å². The van der Waals surface area contributed by atoms with Crippen LogP contribution in [0.15, 0.2) is 34.2 Å². The SMILES string of the molecule is O=C(O)CSc1n[nH]c(=O)n1-c1ccc(I)cc1. The summed E-state index contributed by atoms with van der Waals surface area (Å²) in [6, 6.07) is 7.29. The fourth-order valence-electron chi connectivity index (χ4n) is 1.32. The molecule has 0 saturated carbocycles. The molecule has 2 rings (SSSR count). The van der Waals surface area contributed by atoms with Crippen molar-refractivity contribution in [2.75, 3.05) is 5.75 Å². The number of carboxylic acids is 1. The number of aromatic amines is 1. The molecule has 0 aliphatic heterocycles. The van der Waals surface area contributed by atoms with E-state index >= 15 is 0 Å². The summed E-state index contributed by atoms with van der Waals surface area (Å²) in [5.74, 6) is -1.10. The van der Waals surface area contributed by atoms with E-state index in [1.54, 1.807) is 12.1 Å². The van der Waals surface area contributed by atoms with Gasteiger partial charge in [0.1, 0.15) is 0 Å². The third-order valence-electron chi connectivity index (χ3n) is 2.05. The molecule has 2 aromatic rings. The van der Waals surface area contributed by atoms with Gasteiger partial charge in [0, 0.05) is 3.57 Å². The highest BCUT2D eigenvalue weighted by molar-refractivity contribution is 14.1. The van der Waals surface area contributed by atoms with Crippen LogP contribution in [0.25, 0.3) is 5.69 Å². The van der Waals surface area contributed by atoms with Crippen molar-refractivity contribution in [3.63, 3.8) is 0 Å². The van der Waals surface area contributed by atoms with E-state index in [2.05, 4.69) is 32.8 Å². The van der Waals surface area contributed by atoms with E-state index in [1.165, 1.54) is 4.57 Å². The van der Waals surface area contributed by atoms with Crippen molar-refractivity contribution in [1.82, 2.24) is 14.8 Å². The molecular weight excluding hydrogens is 369 g/mol. The Kier molecular flexibility index (Phi) is 4.07. The zero-order chi connectivity index (χ0) is 13.1. The maximum absolute atomic E-state index is 11.7. The maximum Gasteiger partial charge on any atom is 0.348 e. The van der Waals surface area contributed by atoms with Crippen LogP contribution in [0.2, 0.25) is 0 Å². The number of aliphatic carboxylic acids is 1. The number of carboxylic acid groups (broad SMARTS) is 1. The lowest BCUT2D eigenvalue weighted by molar-refractivity contribution is -0.133. The van der Waals surface area contributed by atoms with Crippen LogP contribution in [0.1, 0.15) is 0 Å². The smallest absolute Gasteiger partial charge is 0.348 e. The van der Waals surface area contributed by atoms with Gasteiger partial charge in [-0.2, -0.15) is 0 Å². The predicted molar refractivity (Wildman–Crippen MR) is 75.3 cm³/mol. The van der Waals surface area contributed by atoms with E-state index in [9.17, 15) is 9.59 Å². The van der Waals surface area contributed by atoms with Gasteiger partial charge in [-0.25, -0.2) is 14.5 Å². The van der Waals surface area contributed by atoms with Crippen molar-refractivity contribution in [3.8, 4) is 5.69 Å². The number of rotatable bonds is 4. The van der Waals surface area contributed by atoms with Gasteiger partial charge in [0.05, 0.1) is 11.4 Å². The van der Waals surface area contributed by atoms with Gasteiger partial charge < -0.3 is 5.11 Å². The molecule has 8 heteroatoms. The molecule has 18 heavy (non-hydrogen) atoms. The van der Waals surface area contributed by atoms with Crippen molar-refractivity contribution in [1.29, 1.82) is 0 Å². The minimum atomic E-state index is -0.954. The highest BCUT2D eigenvalue weighted by Gasteiger charge is 2.12. The average Bonchev–Trinajstić information content (AvgIpc) is 2.69. The monoisotopic (exact) mass is 377 g/mol. The standard InChI is InChI=1S/C10H8IN3O3S/c11-6-1-3-7(4-2-6)14-9(17)12-13-10(14)18-5-8(15)16/h1-4H,5H2,(H,12,17)(H,15,16). The Hall–Kier alpha value is -1.29. The van der Waals surface area contributed by atoms with Crippen molar-refractivity contribution in [2.24, 2.45) is 0 Å². The van der Waals surface area contributed by atoms with Gasteiger partial charge in [-0.3, -0.25) is 4.79 Å². The molecule has 0 radical (unpaired) electrons. The van der Waals surface area contributed by atoms with Gasteiger partial charge in [0.25, 0.3) is 0 Å². The molecule has 0 spiro atoms. The normalized spacial score (nSPS) is 10.5. The van der Waals surface area contributed by atoms with E-state index in [-0.39, 0.29) is 11.4 Å². The van der Waals surface area contributed by atoms with E-state index in [1.807, 2.05) is 12.1 Å². The van der Waals surface area contributed by atoms with E-state index in [0.717, 1.165) is 15.3 Å². The lowest BCUT2D eigenvalue weighted by Crippen LogP contribution is -2.15. The molecule has 6 nitrogen and oxygen atoms in total. The number of nitrogens with one attached hydrogen (secondary N) is 1. The molecule has 0 aliphatic carbocycles. The molecule has 1 aromatic carbocycles. The summed E-state index contributed by atoms with van der Waals surface area (Å²) in [4.78, 5) is 22.2. The second-order valence-corrected chi connectivity index (χ2v) is 5.49. The molecule has 94 valence electrons. The van der Waals surface area contributed by atoms with Crippen LogP contribution >= 0.6 is 34.4 Å². The second kappa shape index (κ2) is 5.57. The Bertz CT molecular complexity index is 620. The van der Waals surface area contributed by atoms with Crippen molar-refractivity contribution in [3.05, 3.63) is 38.3 Å². The van der Waals surface area contributed by atoms with E-state index in [0.29, 0.717) is 10.8 Å². The quantitative estimate of drug-likeness (QED) is 0.620. The molecule has 0 unspecified atom stereocenters. The number of benzene rings is 1. The molecular formula is C10H8IN3O3S. The fraction of sp³-hybridized carbons (Fsp3) is 0.100. The third kappa shape index (κ3) is 2.93. The number of aromatic nitrogens is 3. The number of hydrogen-bond donors (Lipinski definition) is 2. The average molecular weight is 377 g/mol. The Balaban J connectivity index is 2.37. The summed E-state index contributed by atoms with van der Waals surface area (Å²) < 4.78 is 2.40. The minimum absolute atomic E-state index is 0.144. The molecule has 0 atom stereocenters. The van der Waals surface area contributed by atoms with Gasteiger partial charge >= 0.3 is 11.7 Å². The summed E-state index contributed by atoms with van der Waals surface area (Å²) >= 11 is 3.16. The van der Waals surface area contributed by atoms with Crippen LogP contribution in [0.5, 0.6) is 0 Å². The predicted octanol–water partition coefficient (Wildman–Crippen LogP) is 1.34. The van der Waals surface area contributed by atoms with Crippen molar-refractivity contribution < 1.29 is 9.90 Å². The van der Waals surface area contributed by atoms with Crippen LogP contribution in [0.3, 0.4) is 0 Å². The topological polar surface area (TPSA) is 88.0 Å². The van der Waals surface area contributed by atoms with Crippen LogP contribution in [-0.4, -0.2) is 31.6 Å². The Morgan fingerprint density at radius 3 is 2.72 bits per heavy atom. The zero-order valence-corrected chi connectivity index (χ0v) is 11.9. The molecule has 0 saturated heterocycles. The Morgan fingerprint density at radius 2 is 2.11 bits per heavy atom. The lowest BCUT2D eigenvalue weighted by atomic mass is 10.3. The lowest BCUT2D eigenvalue weighted by Gasteiger charge is -2.04. The minimum Gasteiger partial charge on any atom is -0.481 e. The first-order chi connectivity index (χ1) is 8.58. The first-order valence-electron chi connectivity index (χ1n) is 4.86. The van der Waals surface area contributed by atoms with E-state index in [4.69, 9.17) is 5.11 Å². The van der Waals surface area contributed by atoms with E-state index < -0.39 is 5.97 Å². The molecule has 2 N–H and O–H groups in total. The summed E-state index contributed by atoms with van der Waals surface area (Å²) in [5.41, 5.74) is 0.270. The number of hydrogen-bond acceptors (Lipinski definition) is 4. The summed E-state index contributed by atoms with van der Waals surface area (Å²) in [5, 5.41) is 15.1. The Labute approximate surface area is 120 Å². The number of H-pyrrole nitrogens is 1. The van der Waals surface area contributed by atoms with Crippen LogP contribution in [-0.2, 0) is 4.79 Å². The number of thioether (sulfide) groups is 1. The zero-order valence-electron chi connectivity index (χ0n) is 8.96. The van der Waals surface area contributed by atoms with Crippen molar-refractivity contribution in [2.45, 2.75) is 5.16 Å². The van der Waals surface area contributed by atoms with Gasteiger partial charge in [0.15, 0.2) is 5.16 Å². The van der Waals surface area contributed by atoms with Gasteiger partial charge in [-0.1, -0.05) is 11.8 Å². The van der Waals surface area contributed by atoms with Crippen LogP contribution in [0.4, 0.5) is 0 Å². The molecule has 0 fully saturated rings. The highest BCUT2D eigenvalue weighted by Crippen LogP contribution is 2.18. The molecule has 0 aliphatic rings. The van der Waals surface area contributed by atoms with Crippen LogP contribution in [0, 0.1) is 3.57 Å². The maximum atomic E-state index is 11.7. The van der Waals surface area contributed by atoms with Crippen molar-refractivity contribution >= 4 is 40.3 Å². The largest absolute Gasteiger partial charge is 0.481 e.